The van der Waals surface area contributed by atoms with E-state index in [0.29, 0.717) is 19.7 Å². The van der Waals surface area contributed by atoms with Gasteiger partial charge in [0.2, 0.25) is 5.91 Å². The number of rotatable bonds is 3. The number of piperidine rings is 1. The van der Waals surface area contributed by atoms with Gasteiger partial charge in [-0.3, -0.25) is 4.79 Å². The quantitative estimate of drug-likeness (QED) is 0.816. The summed E-state index contributed by atoms with van der Waals surface area (Å²) in [4.78, 5) is 14.6. The van der Waals surface area contributed by atoms with Crippen LogP contribution in [0.2, 0.25) is 0 Å². The molecule has 0 radical (unpaired) electrons. The summed E-state index contributed by atoms with van der Waals surface area (Å²) in [5.41, 5.74) is 5.54. The first kappa shape index (κ1) is 15.3. The van der Waals surface area contributed by atoms with E-state index in [9.17, 15) is 9.90 Å². The van der Waals surface area contributed by atoms with E-state index in [4.69, 9.17) is 10.5 Å². The fraction of sp³-hybridized carbons (Fsp3) is 0.938. The highest BCUT2D eigenvalue weighted by atomic mass is 16.5. The minimum absolute atomic E-state index is 0.121. The van der Waals surface area contributed by atoms with Crippen LogP contribution in [0.3, 0.4) is 0 Å². The first-order chi connectivity index (χ1) is 10.0. The van der Waals surface area contributed by atoms with E-state index in [-0.39, 0.29) is 23.5 Å². The van der Waals surface area contributed by atoms with E-state index in [1.807, 2.05) is 11.8 Å². The number of likely N-dealkylation sites (tertiary alicyclic amines) is 1. The Balaban J connectivity index is 1.61. The molecule has 2 atom stereocenters. The van der Waals surface area contributed by atoms with Crippen molar-refractivity contribution in [1.82, 2.24) is 4.90 Å². The molecule has 1 saturated heterocycles. The summed E-state index contributed by atoms with van der Waals surface area (Å²) in [6.45, 7) is 4.10. The molecule has 3 fully saturated rings. The van der Waals surface area contributed by atoms with Crippen molar-refractivity contribution in [3.05, 3.63) is 0 Å². The molecule has 0 aromatic rings. The van der Waals surface area contributed by atoms with Gasteiger partial charge in [-0.1, -0.05) is 12.8 Å². The summed E-state index contributed by atoms with van der Waals surface area (Å²) in [6, 6.07) is 0. The standard InChI is InChI=1S/C16H28N2O3/c1-2-21-13-11-12(19)15(13)7-9-18(10-8-15)14(20)16(17)5-3-4-6-16/h12-13,19H,2-11,17H2,1H3/t12-,13-/m1/s1. The molecule has 0 aromatic carbocycles. The highest BCUT2D eigenvalue weighted by Crippen LogP contribution is 2.51. The number of carbonyl (C=O) groups excluding carboxylic acids is 1. The Hall–Kier alpha value is -0.650. The smallest absolute Gasteiger partial charge is 0.242 e. The Labute approximate surface area is 126 Å². The zero-order valence-electron chi connectivity index (χ0n) is 13.0. The Morgan fingerprint density at radius 3 is 2.43 bits per heavy atom. The van der Waals surface area contributed by atoms with Gasteiger partial charge in [0.25, 0.3) is 0 Å². The van der Waals surface area contributed by atoms with Crippen LogP contribution in [0.1, 0.15) is 51.9 Å². The molecule has 2 saturated carbocycles. The highest BCUT2D eigenvalue weighted by Gasteiger charge is 2.57. The molecule has 3 rings (SSSR count). The van der Waals surface area contributed by atoms with Crippen LogP contribution in [0.15, 0.2) is 0 Å². The number of amides is 1. The molecule has 0 bridgehead atoms. The Morgan fingerprint density at radius 1 is 1.29 bits per heavy atom. The minimum Gasteiger partial charge on any atom is -0.392 e. The zero-order chi connectivity index (χ0) is 15.1. The minimum atomic E-state index is -0.623. The second-order valence-corrected chi connectivity index (χ2v) is 7.08. The van der Waals surface area contributed by atoms with Gasteiger partial charge in [-0.05, 0) is 32.6 Å². The number of aliphatic hydroxyl groups is 1. The number of nitrogens with two attached hydrogens (primary N) is 1. The molecular weight excluding hydrogens is 268 g/mol. The predicted octanol–water partition coefficient (Wildman–Crippen LogP) is 1.04. The van der Waals surface area contributed by atoms with Crippen LogP contribution in [-0.2, 0) is 9.53 Å². The summed E-state index contributed by atoms with van der Waals surface area (Å²) >= 11 is 0. The molecular formula is C16H28N2O3. The largest absolute Gasteiger partial charge is 0.392 e. The monoisotopic (exact) mass is 296 g/mol. The lowest BCUT2D eigenvalue weighted by molar-refractivity contribution is -0.210. The first-order valence-electron chi connectivity index (χ1n) is 8.40. The normalized spacial score (nSPS) is 34.0. The fourth-order valence-corrected chi connectivity index (χ4v) is 4.48. The van der Waals surface area contributed by atoms with Gasteiger partial charge in [0.1, 0.15) is 0 Å². The summed E-state index contributed by atoms with van der Waals surface area (Å²) in [7, 11) is 0. The zero-order valence-corrected chi connectivity index (χ0v) is 13.0. The van der Waals surface area contributed by atoms with Gasteiger partial charge in [-0.2, -0.15) is 0 Å². The van der Waals surface area contributed by atoms with Crippen molar-refractivity contribution in [3.63, 3.8) is 0 Å². The fourth-order valence-electron chi connectivity index (χ4n) is 4.48. The maximum absolute atomic E-state index is 12.6. The van der Waals surface area contributed by atoms with Crippen LogP contribution in [0, 0.1) is 5.41 Å². The second-order valence-electron chi connectivity index (χ2n) is 7.08. The Bertz CT molecular complexity index is 396. The average Bonchev–Trinajstić information content (AvgIpc) is 2.94. The number of aliphatic hydroxyl groups excluding tert-OH is 1. The summed E-state index contributed by atoms with van der Waals surface area (Å²) in [5.74, 6) is 0.122. The SMILES string of the molecule is CCO[C@@H]1C[C@@H](O)C12CCN(C(=O)C1(N)CCCC1)CC2. The molecule has 1 amide bonds. The molecule has 0 unspecified atom stereocenters. The molecule has 3 N–H and O–H groups in total. The lowest BCUT2D eigenvalue weighted by Crippen LogP contribution is -2.64. The van der Waals surface area contributed by atoms with Crippen molar-refractivity contribution in [1.29, 1.82) is 0 Å². The average molecular weight is 296 g/mol. The lowest BCUT2D eigenvalue weighted by Gasteiger charge is -2.57. The van der Waals surface area contributed by atoms with Gasteiger partial charge < -0.3 is 20.5 Å². The van der Waals surface area contributed by atoms with E-state index in [2.05, 4.69) is 0 Å². The molecule has 21 heavy (non-hydrogen) atoms. The maximum Gasteiger partial charge on any atom is 0.242 e. The van der Waals surface area contributed by atoms with Crippen molar-refractivity contribution in [3.8, 4) is 0 Å². The molecule has 3 aliphatic rings. The van der Waals surface area contributed by atoms with Crippen LogP contribution in [0.4, 0.5) is 0 Å². The molecule has 5 heteroatoms. The summed E-state index contributed by atoms with van der Waals surface area (Å²) in [6.07, 6.45) is 6.05. The van der Waals surface area contributed by atoms with Crippen molar-refractivity contribution in [2.45, 2.75) is 69.6 Å². The van der Waals surface area contributed by atoms with Gasteiger partial charge in [0.05, 0.1) is 17.7 Å². The molecule has 1 heterocycles. The van der Waals surface area contributed by atoms with Crippen molar-refractivity contribution < 1.29 is 14.6 Å². The molecule has 120 valence electrons. The first-order valence-corrected chi connectivity index (χ1v) is 8.40. The van der Waals surface area contributed by atoms with Gasteiger partial charge in [0, 0.05) is 31.5 Å². The Kier molecular flexibility index (Phi) is 4.01. The number of hydrogen-bond donors (Lipinski definition) is 2. The van der Waals surface area contributed by atoms with Crippen LogP contribution >= 0.6 is 0 Å². The number of hydrogen-bond acceptors (Lipinski definition) is 4. The van der Waals surface area contributed by atoms with E-state index < -0.39 is 5.54 Å². The third kappa shape index (κ3) is 2.39. The predicted molar refractivity (Wildman–Crippen MR) is 79.7 cm³/mol. The van der Waals surface area contributed by atoms with E-state index >= 15 is 0 Å². The van der Waals surface area contributed by atoms with Crippen molar-refractivity contribution >= 4 is 5.91 Å². The number of nitrogens with zero attached hydrogens (tertiary/aromatic N) is 1. The Morgan fingerprint density at radius 2 is 1.90 bits per heavy atom. The van der Waals surface area contributed by atoms with Crippen LogP contribution in [0.5, 0.6) is 0 Å². The summed E-state index contributed by atoms with van der Waals surface area (Å²) < 4.78 is 5.77. The molecule has 1 spiro atoms. The van der Waals surface area contributed by atoms with Gasteiger partial charge in [0.15, 0.2) is 0 Å². The van der Waals surface area contributed by atoms with E-state index in [1.54, 1.807) is 0 Å². The van der Waals surface area contributed by atoms with Crippen LogP contribution in [-0.4, -0.2) is 53.4 Å². The van der Waals surface area contributed by atoms with Crippen LogP contribution < -0.4 is 5.73 Å². The van der Waals surface area contributed by atoms with E-state index in [1.165, 1.54) is 0 Å². The maximum atomic E-state index is 12.6. The second kappa shape index (κ2) is 5.52. The van der Waals surface area contributed by atoms with Crippen molar-refractivity contribution in [2.24, 2.45) is 11.1 Å². The molecule has 2 aliphatic carbocycles. The molecule has 0 aromatic heterocycles. The molecule has 1 aliphatic heterocycles. The number of ether oxygens (including phenoxy) is 1. The third-order valence-electron chi connectivity index (χ3n) is 6.01. The van der Waals surface area contributed by atoms with Crippen molar-refractivity contribution in [2.75, 3.05) is 19.7 Å². The lowest BCUT2D eigenvalue weighted by atomic mass is 9.58. The van der Waals surface area contributed by atoms with E-state index in [0.717, 1.165) is 44.9 Å². The molecule has 5 nitrogen and oxygen atoms in total. The number of carbonyl (C=O) groups is 1. The van der Waals surface area contributed by atoms with Gasteiger partial charge >= 0.3 is 0 Å². The third-order valence-corrected chi connectivity index (χ3v) is 6.01. The van der Waals surface area contributed by atoms with Gasteiger partial charge in [-0.25, -0.2) is 0 Å². The van der Waals surface area contributed by atoms with Gasteiger partial charge in [-0.15, -0.1) is 0 Å². The highest BCUT2D eigenvalue weighted by molar-refractivity contribution is 5.86. The van der Waals surface area contributed by atoms with Crippen LogP contribution in [0.25, 0.3) is 0 Å². The summed E-state index contributed by atoms with van der Waals surface area (Å²) in [5, 5.41) is 10.2. The topological polar surface area (TPSA) is 75.8 Å².